The number of nitrogens with one attached hydrogen (secondary N) is 1. The summed E-state index contributed by atoms with van der Waals surface area (Å²) in [6.45, 7) is 6.37. The third-order valence-electron chi connectivity index (χ3n) is 3.62. The molecular formula is C14H21BrN4O. The average molecular weight is 341 g/mol. The van der Waals surface area contributed by atoms with Crippen LogP contribution in [-0.4, -0.2) is 57.1 Å². The largest absolute Gasteiger partial charge is 0.373 e. The third-order valence-corrected chi connectivity index (χ3v) is 4.28. The lowest BCUT2D eigenvalue weighted by atomic mass is 10.2. The molecule has 5 nitrogen and oxygen atoms in total. The first-order chi connectivity index (χ1) is 9.58. The number of amides is 1. The van der Waals surface area contributed by atoms with E-state index >= 15 is 0 Å². The highest BCUT2D eigenvalue weighted by molar-refractivity contribution is 9.10. The molecule has 0 bridgehead atoms. The topological polar surface area (TPSA) is 61.6 Å². The van der Waals surface area contributed by atoms with Gasteiger partial charge >= 0.3 is 0 Å². The van der Waals surface area contributed by atoms with E-state index in [1.54, 1.807) is 6.07 Å². The van der Waals surface area contributed by atoms with Crippen LogP contribution in [0.3, 0.4) is 0 Å². The molecule has 0 saturated carbocycles. The second-order valence-corrected chi connectivity index (χ2v) is 5.90. The predicted octanol–water partition coefficient (Wildman–Crippen LogP) is 0.889. The highest BCUT2D eigenvalue weighted by Crippen LogP contribution is 2.23. The number of rotatable bonds is 5. The third kappa shape index (κ3) is 3.94. The van der Waals surface area contributed by atoms with E-state index in [4.69, 9.17) is 5.73 Å². The van der Waals surface area contributed by atoms with Gasteiger partial charge in [0.1, 0.15) is 0 Å². The fourth-order valence-corrected chi connectivity index (χ4v) is 2.86. The number of hydrogen-bond donors (Lipinski definition) is 2. The number of nitrogens with zero attached hydrogens (tertiary/aromatic N) is 2. The van der Waals surface area contributed by atoms with E-state index in [1.807, 2.05) is 12.1 Å². The molecule has 2 rings (SSSR count). The number of piperazine rings is 1. The number of primary amides is 1. The molecule has 0 radical (unpaired) electrons. The summed E-state index contributed by atoms with van der Waals surface area (Å²) in [4.78, 5) is 15.9. The van der Waals surface area contributed by atoms with Crippen LogP contribution < -0.4 is 16.0 Å². The molecule has 1 amide bonds. The normalized spacial score (nSPS) is 16.1. The number of carbonyl (C=O) groups excluding carboxylic acids is 1. The molecule has 110 valence electrons. The van der Waals surface area contributed by atoms with Gasteiger partial charge in [0.05, 0.1) is 5.56 Å². The van der Waals surface area contributed by atoms with Gasteiger partial charge in [-0.25, -0.2) is 0 Å². The van der Waals surface area contributed by atoms with Crippen LogP contribution in [0, 0.1) is 0 Å². The van der Waals surface area contributed by atoms with Gasteiger partial charge < -0.3 is 16.0 Å². The van der Waals surface area contributed by atoms with E-state index < -0.39 is 5.91 Å². The zero-order chi connectivity index (χ0) is 14.5. The molecule has 0 spiro atoms. The molecule has 1 aromatic carbocycles. The van der Waals surface area contributed by atoms with Crippen molar-refractivity contribution < 1.29 is 4.79 Å². The lowest BCUT2D eigenvalue weighted by Crippen LogP contribution is -2.46. The molecule has 3 N–H and O–H groups in total. The maximum atomic E-state index is 11.2. The van der Waals surface area contributed by atoms with Crippen molar-refractivity contribution in [3.8, 4) is 0 Å². The van der Waals surface area contributed by atoms with Gasteiger partial charge in [0.25, 0.3) is 0 Å². The van der Waals surface area contributed by atoms with Gasteiger partial charge in [-0.1, -0.05) is 0 Å². The SMILES string of the molecule is CN(CCN1CCNCC1)c1ccc(C(N)=O)c(Br)c1. The van der Waals surface area contributed by atoms with E-state index in [1.165, 1.54) is 0 Å². The van der Waals surface area contributed by atoms with E-state index in [0.29, 0.717) is 5.56 Å². The molecule has 6 heteroatoms. The molecule has 20 heavy (non-hydrogen) atoms. The van der Waals surface area contributed by atoms with Crippen LogP contribution in [0.15, 0.2) is 22.7 Å². The Morgan fingerprint density at radius 3 is 2.75 bits per heavy atom. The standard InChI is InChI=1S/C14H21BrN4O/c1-18(8-9-19-6-4-17-5-7-19)11-2-3-12(14(16)20)13(15)10-11/h2-3,10,17H,4-9H2,1H3,(H2,16,20). The molecule has 1 aliphatic rings. The number of anilines is 1. The fraction of sp³-hybridized carbons (Fsp3) is 0.500. The van der Waals surface area contributed by atoms with Crippen molar-refractivity contribution in [2.24, 2.45) is 5.73 Å². The van der Waals surface area contributed by atoms with Crippen LogP contribution in [0.25, 0.3) is 0 Å². The maximum absolute atomic E-state index is 11.2. The summed E-state index contributed by atoms with van der Waals surface area (Å²) in [6.07, 6.45) is 0. The van der Waals surface area contributed by atoms with Gasteiger partial charge in [-0.3, -0.25) is 9.69 Å². The minimum atomic E-state index is -0.410. The summed E-state index contributed by atoms with van der Waals surface area (Å²) in [5.41, 5.74) is 6.90. The molecule has 1 fully saturated rings. The quantitative estimate of drug-likeness (QED) is 0.835. The molecule has 0 aliphatic carbocycles. The van der Waals surface area contributed by atoms with Gasteiger partial charge in [0, 0.05) is 56.5 Å². The molecule has 0 unspecified atom stereocenters. The maximum Gasteiger partial charge on any atom is 0.249 e. The zero-order valence-corrected chi connectivity index (χ0v) is 13.3. The van der Waals surface area contributed by atoms with Gasteiger partial charge in [-0.05, 0) is 34.1 Å². The van der Waals surface area contributed by atoms with E-state index in [2.05, 4.69) is 38.1 Å². The summed E-state index contributed by atoms with van der Waals surface area (Å²) in [5.74, 6) is -0.410. The van der Waals surface area contributed by atoms with Crippen LogP contribution in [0.4, 0.5) is 5.69 Å². The molecule has 1 aromatic rings. The first-order valence-electron chi connectivity index (χ1n) is 6.81. The van der Waals surface area contributed by atoms with Crippen molar-refractivity contribution in [3.05, 3.63) is 28.2 Å². The number of halogens is 1. The van der Waals surface area contributed by atoms with Gasteiger partial charge in [0.2, 0.25) is 5.91 Å². The van der Waals surface area contributed by atoms with E-state index in [0.717, 1.165) is 49.4 Å². The Hall–Kier alpha value is -1.11. The summed E-state index contributed by atoms with van der Waals surface area (Å²) in [5, 5.41) is 3.35. The Balaban J connectivity index is 1.93. The van der Waals surface area contributed by atoms with Crippen molar-refractivity contribution in [3.63, 3.8) is 0 Å². The van der Waals surface area contributed by atoms with Crippen LogP contribution >= 0.6 is 15.9 Å². The lowest BCUT2D eigenvalue weighted by Gasteiger charge is -2.29. The van der Waals surface area contributed by atoms with Crippen LogP contribution in [0.1, 0.15) is 10.4 Å². The highest BCUT2D eigenvalue weighted by Gasteiger charge is 2.12. The number of nitrogens with two attached hydrogens (primary N) is 1. The molecule has 0 atom stereocenters. The Morgan fingerprint density at radius 1 is 1.45 bits per heavy atom. The highest BCUT2D eigenvalue weighted by atomic mass is 79.9. The van der Waals surface area contributed by atoms with Crippen molar-refractivity contribution >= 4 is 27.5 Å². The van der Waals surface area contributed by atoms with Gasteiger partial charge in [-0.2, -0.15) is 0 Å². The van der Waals surface area contributed by atoms with Gasteiger partial charge in [0.15, 0.2) is 0 Å². The second-order valence-electron chi connectivity index (χ2n) is 5.04. The molecule has 0 aromatic heterocycles. The zero-order valence-electron chi connectivity index (χ0n) is 11.7. The monoisotopic (exact) mass is 340 g/mol. The molecule has 1 saturated heterocycles. The summed E-state index contributed by atoms with van der Waals surface area (Å²) in [6, 6.07) is 5.64. The summed E-state index contributed by atoms with van der Waals surface area (Å²) >= 11 is 3.40. The Morgan fingerprint density at radius 2 is 2.15 bits per heavy atom. The van der Waals surface area contributed by atoms with Crippen LogP contribution in [0.2, 0.25) is 0 Å². The van der Waals surface area contributed by atoms with Crippen molar-refractivity contribution in [1.29, 1.82) is 0 Å². The molecule has 1 aliphatic heterocycles. The number of carbonyl (C=O) groups is 1. The number of likely N-dealkylation sites (N-methyl/N-ethyl adjacent to an activating group) is 1. The Kier molecular flexibility index (Phi) is 5.39. The smallest absolute Gasteiger partial charge is 0.249 e. The van der Waals surface area contributed by atoms with Crippen LogP contribution in [-0.2, 0) is 0 Å². The molecular weight excluding hydrogens is 320 g/mol. The van der Waals surface area contributed by atoms with E-state index in [-0.39, 0.29) is 0 Å². The lowest BCUT2D eigenvalue weighted by molar-refractivity contribution is 0.0999. The van der Waals surface area contributed by atoms with E-state index in [9.17, 15) is 4.79 Å². The minimum Gasteiger partial charge on any atom is -0.373 e. The fourth-order valence-electron chi connectivity index (χ4n) is 2.30. The average Bonchev–Trinajstić information content (AvgIpc) is 2.45. The number of benzene rings is 1. The number of hydrogen-bond acceptors (Lipinski definition) is 4. The summed E-state index contributed by atoms with van der Waals surface area (Å²) < 4.78 is 0.747. The first-order valence-corrected chi connectivity index (χ1v) is 7.61. The minimum absolute atomic E-state index is 0.410. The van der Waals surface area contributed by atoms with Crippen molar-refractivity contribution in [1.82, 2.24) is 10.2 Å². The summed E-state index contributed by atoms with van der Waals surface area (Å²) in [7, 11) is 2.06. The van der Waals surface area contributed by atoms with Crippen molar-refractivity contribution in [2.45, 2.75) is 0 Å². The van der Waals surface area contributed by atoms with Crippen LogP contribution in [0.5, 0.6) is 0 Å². The Labute approximate surface area is 128 Å². The predicted molar refractivity (Wildman–Crippen MR) is 85.2 cm³/mol. The van der Waals surface area contributed by atoms with Gasteiger partial charge in [-0.15, -0.1) is 0 Å². The Bertz CT molecular complexity index is 474. The molecule has 1 heterocycles. The first kappa shape index (κ1) is 15.3. The van der Waals surface area contributed by atoms with Crippen molar-refractivity contribution in [2.75, 3.05) is 51.2 Å². The second kappa shape index (κ2) is 7.06.